The van der Waals surface area contributed by atoms with Gasteiger partial charge in [0.1, 0.15) is 0 Å². The minimum absolute atomic E-state index is 1.32. The quantitative estimate of drug-likeness (QED) is 0.517. The summed E-state index contributed by atoms with van der Waals surface area (Å²) in [6.45, 7) is 8.72. The van der Waals surface area contributed by atoms with Crippen LogP contribution in [0, 0.1) is 0 Å². The third kappa shape index (κ3) is 37.5. The molecule has 0 heteroatoms. The number of hydrogen-bond acceptors (Lipinski definition) is 0. The second-order valence-electron chi connectivity index (χ2n) is 2.00. The lowest BCUT2D eigenvalue weighted by Gasteiger charge is -1.68. The van der Waals surface area contributed by atoms with E-state index in [1.165, 1.54) is 25.7 Å². The van der Waals surface area contributed by atoms with E-state index in [0.29, 0.717) is 0 Å². The molecule has 0 aliphatic rings. The molecule has 0 aliphatic heterocycles. The van der Waals surface area contributed by atoms with Gasteiger partial charge in [0.2, 0.25) is 0 Å². The Morgan fingerprint density at radius 2 is 0.625 bits per heavy atom. The zero-order valence-electron chi connectivity index (χ0n) is 6.83. The van der Waals surface area contributed by atoms with E-state index >= 15 is 0 Å². The summed E-state index contributed by atoms with van der Waals surface area (Å²) in [5.41, 5.74) is 0. The molecule has 0 nitrogen and oxygen atoms in total. The van der Waals surface area contributed by atoms with Crippen molar-refractivity contribution in [1.82, 2.24) is 0 Å². The lowest BCUT2D eigenvalue weighted by molar-refractivity contribution is 0.886. The maximum absolute atomic E-state index is 2.18. The zero-order chi connectivity index (χ0) is 6.83. The van der Waals surface area contributed by atoms with Crippen molar-refractivity contribution in [2.45, 2.75) is 53.4 Å². The predicted octanol–water partition coefficient (Wildman–Crippen LogP) is 3.61. The number of rotatable bonds is 2. The average Bonchev–Trinajstić information content (AvgIpc) is 1.88. The van der Waals surface area contributed by atoms with Crippen LogP contribution in [-0.2, 0) is 0 Å². The highest BCUT2D eigenvalue weighted by Gasteiger charge is 1.56. The lowest BCUT2D eigenvalue weighted by Crippen LogP contribution is -1.47. The average molecular weight is 116 g/mol. The van der Waals surface area contributed by atoms with Gasteiger partial charge in [-0.2, -0.15) is 0 Å². The van der Waals surface area contributed by atoms with Gasteiger partial charge in [-0.1, -0.05) is 53.4 Å². The molecule has 0 aromatic rings. The molecule has 0 saturated carbocycles. The summed E-state index contributed by atoms with van der Waals surface area (Å²) in [6.07, 6.45) is 5.28. The molecule has 0 N–H and O–H groups in total. The molecule has 0 fully saturated rings. The summed E-state index contributed by atoms with van der Waals surface area (Å²) in [4.78, 5) is 0. The maximum Gasteiger partial charge on any atom is -0.0564 e. The van der Waals surface area contributed by atoms with E-state index in [2.05, 4.69) is 27.7 Å². The van der Waals surface area contributed by atoms with Crippen LogP contribution in [0.2, 0.25) is 0 Å². The fraction of sp³-hybridized carbons (Fsp3) is 1.00. The number of hydrogen-bond donors (Lipinski definition) is 0. The van der Waals surface area contributed by atoms with Crippen LogP contribution in [0.4, 0.5) is 0 Å². The molecule has 0 aromatic heterocycles. The van der Waals surface area contributed by atoms with E-state index < -0.39 is 0 Å². The Balaban J connectivity index is 0. The van der Waals surface area contributed by atoms with Crippen molar-refractivity contribution in [3.63, 3.8) is 0 Å². The smallest absolute Gasteiger partial charge is 0.0564 e. The Labute approximate surface area is 54.3 Å². The van der Waals surface area contributed by atoms with Gasteiger partial charge in [0.25, 0.3) is 0 Å². The summed E-state index contributed by atoms with van der Waals surface area (Å²) < 4.78 is 0. The monoisotopic (exact) mass is 116 g/mol. The van der Waals surface area contributed by atoms with Crippen LogP contribution in [0.3, 0.4) is 0 Å². The van der Waals surface area contributed by atoms with Crippen molar-refractivity contribution >= 4 is 0 Å². The van der Waals surface area contributed by atoms with Gasteiger partial charge in [-0.05, 0) is 0 Å². The lowest BCUT2D eigenvalue weighted by atomic mass is 10.4. The molecule has 0 saturated heterocycles. The molecule has 0 radical (unpaired) electrons. The summed E-state index contributed by atoms with van der Waals surface area (Å²) >= 11 is 0. The molecular formula is C8H20. The van der Waals surface area contributed by atoms with Crippen LogP contribution in [0.5, 0.6) is 0 Å². The fourth-order valence-corrected chi connectivity index (χ4v) is 0. The van der Waals surface area contributed by atoms with Crippen LogP contribution < -0.4 is 0 Å². The van der Waals surface area contributed by atoms with Gasteiger partial charge in [-0.3, -0.25) is 0 Å². The van der Waals surface area contributed by atoms with E-state index in [1.54, 1.807) is 0 Å². The van der Waals surface area contributed by atoms with Crippen LogP contribution >= 0.6 is 0 Å². The minimum atomic E-state index is 1.32. The second kappa shape index (κ2) is 15.8. The van der Waals surface area contributed by atoms with E-state index in [0.717, 1.165) is 0 Å². The normalized spacial score (nSPS) is 7.50. The highest BCUT2D eigenvalue weighted by Crippen LogP contribution is 1.77. The predicted molar refractivity (Wildman–Crippen MR) is 41.2 cm³/mol. The highest BCUT2D eigenvalue weighted by atomic mass is 13.6. The molecule has 0 spiro atoms. The molecule has 0 aliphatic carbocycles. The van der Waals surface area contributed by atoms with Gasteiger partial charge >= 0.3 is 0 Å². The van der Waals surface area contributed by atoms with E-state index in [4.69, 9.17) is 0 Å². The van der Waals surface area contributed by atoms with Crippen molar-refractivity contribution in [3.8, 4) is 0 Å². The largest absolute Gasteiger partial charge is 0.0654 e. The molecule has 8 heavy (non-hydrogen) atoms. The number of unbranched alkanes of at least 4 members (excludes halogenated alkanes) is 2. The summed E-state index contributed by atoms with van der Waals surface area (Å²) in [6, 6.07) is 0. The molecule has 0 aromatic carbocycles. The van der Waals surface area contributed by atoms with E-state index in [1.807, 2.05) is 0 Å². The third-order valence-electron chi connectivity index (χ3n) is 1.000. The Kier molecular flexibility index (Phi) is 21.4. The SMILES string of the molecule is CCCC.CCCC. The van der Waals surface area contributed by atoms with Gasteiger partial charge in [0.15, 0.2) is 0 Å². The van der Waals surface area contributed by atoms with Crippen molar-refractivity contribution in [1.29, 1.82) is 0 Å². The van der Waals surface area contributed by atoms with E-state index in [-0.39, 0.29) is 0 Å². The Morgan fingerprint density at radius 3 is 0.625 bits per heavy atom. The standard InChI is InChI=1S/2C4H10/c2*1-3-4-2/h2*3-4H2,1-2H3. The van der Waals surface area contributed by atoms with Gasteiger partial charge in [0.05, 0.1) is 0 Å². The second-order valence-corrected chi connectivity index (χ2v) is 2.00. The summed E-state index contributed by atoms with van der Waals surface area (Å²) in [5.74, 6) is 0. The summed E-state index contributed by atoms with van der Waals surface area (Å²) in [7, 11) is 0. The Morgan fingerprint density at radius 1 is 0.500 bits per heavy atom. The molecule has 0 bridgehead atoms. The zero-order valence-corrected chi connectivity index (χ0v) is 6.83. The van der Waals surface area contributed by atoms with Crippen molar-refractivity contribution < 1.29 is 0 Å². The molecule has 0 rings (SSSR count). The highest BCUT2D eigenvalue weighted by molar-refractivity contribution is 4.13. The van der Waals surface area contributed by atoms with Crippen LogP contribution in [0.25, 0.3) is 0 Å². The van der Waals surface area contributed by atoms with Crippen molar-refractivity contribution in [3.05, 3.63) is 0 Å². The molecule has 52 valence electrons. The maximum atomic E-state index is 2.18. The minimum Gasteiger partial charge on any atom is -0.0654 e. The third-order valence-corrected chi connectivity index (χ3v) is 1.000. The first-order valence-electron chi connectivity index (χ1n) is 3.83. The Bertz CT molecular complexity index is 8.00. The van der Waals surface area contributed by atoms with Gasteiger partial charge < -0.3 is 0 Å². The molecule has 0 heterocycles. The molecule has 0 atom stereocenters. The van der Waals surface area contributed by atoms with Gasteiger partial charge in [-0.15, -0.1) is 0 Å². The van der Waals surface area contributed by atoms with Crippen LogP contribution in [0.1, 0.15) is 53.4 Å². The van der Waals surface area contributed by atoms with Gasteiger partial charge in [-0.25, -0.2) is 0 Å². The molecular weight excluding hydrogens is 96.1 g/mol. The molecule has 0 amide bonds. The first kappa shape index (κ1) is 10.9. The topological polar surface area (TPSA) is 0 Å². The fourth-order valence-electron chi connectivity index (χ4n) is 0. The molecule has 0 unspecified atom stereocenters. The van der Waals surface area contributed by atoms with Gasteiger partial charge in [0, 0.05) is 0 Å². The van der Waals surface area contributed by atoms with Crippen LogP contribution in [-0.4, -0.2) is 0 Å². The van der Waals surface area contributed by atoms with E-state index in [9.17, 15) is 0 Å². The first-order chi connectivity index (χ1) is 3.83. The first-order valence-corrected chi connectivity index (χ1v) is 3.83. The van der Waals surface area contributed by atoms with Crippen molar-refractivity contribution in [2.24, 2.45) is 0 Å². The van der Waals surface area contributed by atoms with Crippen LogP contribution in [0.15, 0.2) is 0 Å². The Hall–Kier alpha value is 0. The summed E-state index contributed by atoms with van der Waals surface area (Å²) in [5, 5.41) is 0. The van der Waals surface area contributed by atoms with Crippen molar-refractivity contribution in [2.75, 3.05) is 0 Å².